The zero-order chi connectivity index (χ0) is 21.3. The van der Waals surface area contributed by atoms with Gasteiger partial charge < -0.3 is 0 Å². The molecule has 25 heavy (non-hydrogen) atoms. The third-order valence-electron chi connectivity index (χ3n) is 0.627. The van der Waals surface area contributed by atoms with Crippen molar-refractivity contribution in [3.63, 3.8) is 0 Å². The van der Waals surface area contributed by atoms with Gasteiger partial charge in [-0.3, -0.25) is 0 Å². The summed E-state index contributed by atoms with van der Waals surface area (Å²) in [5, 5.41) is 0. The minimum absolute atomic E-state index is 2.40. The van der Waals surface area contributed by atoms with E-state index in [1.165, 1.54) is 0 Å². The Balaban J connectivity index is -0.000000308. The summed E-state index contributed by atoms with van der Waals surface area (Å²) < 4.78 is 142. The van der Waals surface area contributed by atoms with E-state index in [2.05, 4.69) is 25.3 Å². The Morgan fingerprint density at radius 1 is 0.600 bits per heavy atom. The molecule has 0 atom stereocenters. The molecular formula is H8Cr5N2O18. The first kappa shape index (κ1) is 30.0. The van der Waals surface area contributed by atoms with Crippen LogP contribution in [0.2, 0.25) is 0 Å². The molecule has 25 heteroatoms. The number of quaternary nitrogens is 2. The summed E-state index contributed by atoms with van der Waals surface area (Å²) in [7, 11) is 0. The van der Waals surface area contributed by atoms with E-state index in [-0.39, 0.29) is 0 Å². The average molecular weight is 584 g/mol. The molecule has 20 nitrogen and oxygen atoms in total. The number of rotatable bonds is 6. The molecule has 0 bridgehead atoms. The molecule has 0 aromatic heterocycles. The fourth-order valence-electron chi connectivity index (χ4n) is 0.250. The standard InChI is InChI=1S/5Cr.2H3NO.2H2O.14O/c;;;;;2*1-2;;;;;;;;;;;;;;;;/h;;;;;2*1H3;2*1H2;;;;;;;;;;;;;;/q;4*+1;;;;;;;;;;;;;;;;;2*-1/p-2. The van der Waals surface area contributed by atoms with E-state index in [0.29, 0.717) is 0 Å². The van der Waals surface area contributed by atoms with Crippen LogP contribution in [-0.2, 0) is 120 Å². The fourth-order valence-corrected chi connectivity index (χ4v) is 4.25. The molecule has 0 amide bonds. The van der Waals surface area contributed by atoms with E-state index in [1.807, 2.05) is 0 Å². The van der Waals surface area contributed by atoms with Crippen molar-refractivity contribution in [1.29, 1.82) is 0 Å². The molecule has 0 saturated carbocycles. The molecule has 0 saturated heterocycles. The van der Waals surface area contributed by atoms with E-state index in [1.54, 1.807) is 0 Å². The molecule has 0 aliphatic carbocycles. The first-order valence-corrected chi connectivity index (χ1v) is 14.5. The van der Waals surface area contributed by atoms with E-state index in [9.17, 15) is 30.4 Å². The van der Waals surface area contributed by atoms with Gasteiger partial charge >= 0.3 is 148 Å². The predicted octanol–water partition coefficient (Wildman–Crippen LogP) is -7.58. The van der Waals surface area contributed by atoms with Crippen LogP contribution in [0.15, 0.2) is 0 Å². The van der Waals surface area contributed by atoms with Gasteiger partial charge in [-0.25, -0.2) is 0 Å². The Kier molecular flexibility index (Phi) is 13.4. The Morgan fingerprint density at radius 2 is 0.760 bits per heavy atom. The van der Waals surface area contributed by atoms with Crippen LogP contribution in [0.1, 0.15) is 0 Å². The topological polar surface area (TPSA) is 349 Å². The van der Waals surface area contributed by atoms with E-state index >= 15 is 0 Å². The molecule has 0 aromatic carbocycles. The maximum absolute atomic E-state index is 10.1. The molecule has 0 unspecified atom stereocenters. The van der Waals surface area contributed by atoms with Gasteiger partial charge in [-0.1, -0.05) is 0 Å². The van der Waals surface area contributed by atoms with Crippen molar-refractivity contribution in [2.75, 3.05) is 0 Å². The van der Waals surface area contributed by atoms with Gasteiger partial charge in [-0.05, 0) is 0 Å². The van der Waals surface area contributed by atoms with Gasteiger partial charge in [-0.15, -0.1) is 0 Å². The zero-order valence-electron chi connectivity index (χ0n) is 10.9. The predicted molar refractivity (Wildman–Crippen MR) is 21.4 cm³/mol. The molecule has 0 fully saturated rings. The van der Waals surface area contributed by atoms with Crippen LogP contribution in [0.4, 0.5) is 0 Å². The number of hydrogen-bond acceptors (Lipinski definition) is 16. The van der Waals surface area contributed by atoms with Crippen molar-refractivity contribution in [3.05, 3.63) is 0 Å². The minimum atomic E-state index is -5.75. The van der Waals surface area contributed by atoms with Crippen LogP contribution in [0.3, 0.4) is 0 Å². The Morgan fingerprint density at radius 3 is 0.800 bits per heavy atom. The maximum atomic E-state index is 10.1. The molecule has 0 aliphatic rings. The van der Waals surface area contributed by atoms with Crippen LogP contribution in [0.5, 0.6) is 0 Å². The van der Waals surface area contributed by atoms with Crippen LogP contribution in [0, 0.1) is 0 Å². The van der Waals surface area contributed by atoms with Crippen LogP contribution >= 0.6 is 0 Å². The van der Waals surface area contributed by atoms with Crippen molar-refractivity contribution in [1.82, 2.24) is 0 Å². The SMILES string of the molecule is [NH3+][O][Cr](=[O])(=[O])[O][Cr](=[O])(=[O])[OH].[NH3+][O][Cr](=[O])(=[O])[O][Cr](=[O])(=[O])[OH].[O]=[Cr](=[O])([O-])[O-]. The van der Waals surface area contributed by atoms with Crippen LogP contribution < -0.4 is 20.1 Å². The van der Waals surface area contributed by atoms with Crippen molar-refractivity contribution in [3.8, 4) is 0 Å². The van der Waals surface area contributed by atoms with Gasteiger partial charge in [0.2, 0.25) is 0 Å². The van der Waals surface area contributed by atoms with Gasteiger partial charge in [0.05, 0.1) is 0 Å². The van der Waals surface area contributed by atoms with E-state index in [4.69, 9.17) is 24.2 Å². The van der Waals surface area contributed by atoms with E-state index in [0.717, 1.165) is 0 Å². The van der Waals surface area contributed by atoms with Crippen LogP contribution in [0.25, 0.3) is 0 Å². The first-order chi connectivity index (χ1) is 10.5. The molecule has 0 aromatic rings. The molecule has 0 spiro atoms. The summed E-state index contributed by atoms with van der Waals surface area (Å²) in [6.07, 6.45) is 0. The monoisotopic (exact) mass is 584 g/mol. The van der Waals surface area contributed by atoms with Gasteiger partial charge in [0.25, 0.3) is 0 Å². The third-order valence-corrected chi connectivity index (χ3v) is 6.95. The van der Waals surface area contributed by atoms with Gasteiger partial charge in [0, 0.05) is 0 Å². The van der Waals surface area contributed by atoms with Crippen molar-refractivity contribution >= 4 is 0 Å². The molecule has 0 aliphatic heterocycles. The summed E-state index contributed by atoms with van der Waals surface area (Å²) >= 11 is -27.9. The normalized spacial score (nSPS) is 13.0. The summed E-state index contributed by atoms with van der Waals surface area (Å²) in [4.78, 5) is 0. The van der Waals surface area contributed by atoms with Crippen LogP contribution in [-0.4, -0.2) is 8.32 Å². The third kappa shape index (κ3) is 36.1. The molecule has 0 heterocycles. The van der Waals surface area contributed by atoms with E-state index < -0.39 is 68.1 Å². The second kappa shape index (κ2) is 11.2. The Bertz CT molecular complexity index is 821. The summed E-state index contributed by atoms with van der Waals surface area (Å²) in [6.45, 7) is 0. The zero-order valence-corrected chi connectivity index (χ0v) is 17.3. The first-order valence-electron chi connectivity index (χ1n) is 3.94. The number of hydrogen-bond donors (Lipinski definition) is 4. The Hall–Kier alpha value is 0.262. The molecule has 0 rings (SSSR count). The van der Waals surface area contributed by atoms with Gasteiger partial charge in [-0.2, -0.15) is 0 Å². The van der Waals surface area contributed by atoms with Crippen molar-refractivity contribution < 1.29 is 148 Å². The second-order valence-corrected chi connectivity index (χ2v) is 11.9. The quantitative estimate of drug-likeness (QED) is 0.211. The molecule has 156 valence electrons. The van der Waals surface area contributed by atoms with Crippen molar-refractivity contribution in [2.24, 2.45) is 0 Å². The summed E-state index contributed by atoms with van der Waals surface area (Å²) in [5.41, 5.74) is 0. The average Bonchev–Trinajstić information content (AvgIpc) is 2.21. The van der Waals surface area contributed by atoms with Gasteiger partial charge in [0.15, 0.2) is 0 Å². The molecule has 0 radical (unpaired) electrons. The molecule has 8 N–H and O–H groups in total. The summed E-state index contributed by atoms with van der Waals surface area (Å²) in [6, 6.07) is 0. The Labute approximate surface area is 147 Å². The molecular weight excluding hydrogens is 576 g/mol. The van der Waals surface area contributed by atoms with Gasteiger partial charge in [0.1, 0.15) is 0 Å². The fraction of sp³-hybridized carbons (Fsp3) is 0. The second-order valence-electron chi connectivity index (χ2n) is 2.45. The summed E-state index contributed by atoms with van der Waals surface area (Å²) in [5.74, 6) is 4.79. The van der Waals surface area contributed by atoms with Crippen molar-refractivity contribution in [2.45, 2.75) is 0 Å².